The van der Waals surface area contributed by atoms with Crippen molar-refractivity contribution in [2.45, 2.75) is 19.3 Å². The smallest absolute Gasteiger partial charge is 0.125 e. The molecular formula is C22H22N4. The van der Waals surface area contributed by atoms with Gasteiger partial charge in [0.25, 0.3) is 0 Å². The fraction of sp³-hybridized carbons (Fsp3) is 0.227. The van der Waals surface area contributed by atoms with Crippen molar-refractivity contribution in [3.8, 4) is 11.3 Å². The minimum Gasteiger partial charge on any atom is -0.369 e. The molecule has 0 spiro atoms. The molecule has 4 nitrogen and oxygen atoms in total. The molecular weight excluding hydrogens is 320 g/mol. The van der Waals surface area contributed by atoms with Gasteiger partial charge in [0.05, 0.1) is 17.7 Å². The average Bonchev–Trinajstić information content (AvgIpc) is 2.66. The summed E-state index contributed by atoms with van der Waals surface area (Å²) in [6.45, 7) is 1.95. The minimum atomic E-state index is 0.317. The van der Waals surface area contributed by atoms with E-state index in [1.807, 2.05) is 38.5 Å². The highest BCUT2D eigenvalue weighted by molar-refractivity contribution is 5.71. The summed E-state index contributed by atoms with van der Waals surface area (Å²) in [5.74, 6) is 1.14. The first-order valence-corrected chi connectivity index (χ1v) is 8.84. The van der Waals surface area contributed by atoms with Crippen LogP contribution in [0.25, 0.3) is 11.3 Å². The first-order chi connectivity index (χ1) is 12.6. The molecule has 1 aliphatic rings. The summed E-state index contributed by atoms with van der Waals surface area (Å²) in [5, 5.41) is 0. The third kappa shape index (κ3) is 3.10. The second-order valence-corrected chi connectivity index (χ2v) is 6.93. The van der Waals surface area contributed by atoms with Crippen LogP contribution in [0, 0.1) is 6.92 Å². The van der Waals surface area contributed by atoms with E-state index < -0.39 is 0 Å². The molecule has 0 amide bonds. The van der Waals surface area contributed by atoms with Gasteiger partial charge in [-0.15, -0.1) is 0 Å². The first kappa shape index (κ1) is 16.5. The molecule has 0 aliphatic heterocycles. The quantitative estimate of drug-likeness (QED) is 0.524. The van der Waals surface area contributed by atoms with Gasteiger partial charge < -0.3 is 4.90 Å². The summed E-state index contributed by atoms with van der Waals surface area (Å²) < 4.78 is 0. The molecule has 4 heteroatoms. The third-order valence-electron chi connectivity index (χ3n) is 4.73. The summed E-state index contributed by atoms with van der Waals surface area (Å²) in [6.07, 6.45) is 4.73. The van der Waals surface area contributed by atoms with E-state index in [4.69, 9.17) is 4.98 Å². The monoisotopic (exact) mass is 342 g/mol. The molecule has 2 aromatic carbocycles. The number of rotatable bonds is 3. The Bertz CT molecular complexity index is 958. The number of hydrogen-bond donors (Lipinski definition) is 0. The summed E-state index contributed by atoms with van der Waals surface area (Å²) >= 11 is 0. The number of hydrogen-bond acceptors (Lipinski definition) is 3. The zero-order valence-electron chi connectivity index (χ0n) is 15.3. The zero-order valence-corrected chi connectivity index (χ0v) is 15.3. The topological polar surface area (TPSA) is 41.4 Å². The van der Waals surface area contributed by atoms with Crippen molar-refractivity contribution in [1.29, 1.82) is 0 Å². The molecule has 0 radical (unpaired) electrons. The van der Waals surface area contributed by atoms with Gasteiger partial charge in [-0.3, -0.25) is 0 Å². The molecule has 1 heterocycles. The van der Waals surface area contributed by atoms with Gasteiger partial charge >= 0.3 is 0 Å². The van der Waals surface area contributed by atoms with Gasteiger partial charge in [0.15, 0.2) is 0 Å². The van der Waals surface area contributed by atoms with E-state index >= 15 is 0 Å². The van der Waals surface area contributed by atoms with Crippen LogP contribution in [0.4, 0.5) is 5.69 Å². The minimum absolute atomic E-state index is 0.317. The van der Waals surface area contributed by atoms with E-state index in [9.17, 15) is 0 Å². The number of aliphatic imine (C=N–C) groups is 1. The molecule has 4 rings (SSSR count). The summed E-state index contributed by atoms with van der Waals surface area (Å²) in [7, 11) is 3.94. The summed E-state index contributed by atoms with van der Waals surface area (Å²) in [6, 6.07) is 17.1. The molecule has 0 saturated heterocycles. The molecule has 0 N–H and O–H groups in total. The van der Waals surface area contributed by atoms with E-state index in [2.05, 4.69) is 58.5 Å². The van der Waals surface area contributed by atoms with Crippen LogP contribution < -0.4 is 0 Å². The van der Waals surface area contributed by atoms with Crippen LogP contribution in [0.15, 0.2) is 59.7 Å². The molecule has 1 aromatic heterocycles. The molecule has 130 valence electrons. The maximum absolute atomic E-state index is 4.70. The van der Waals surface area contributed by atoms with Gasteiger partial charge in [-0.25, -0.2) is 15.0 Å². The van der Waals surface area contributed by atoms with Crippen molar-refractivity contribution in [2.75, 3.05) is 14.1 Å². The Morgan fingerprint density at radius 1 is 1.08 bits per heavy atom. The molecule has 0 bridgehead atoms. The first-order valence-electron chi connectivity index (χ1n) is 8.84. The standard InChI is InChI=1S/C22H22N4/c1-15-23-13-17-12-21(19-6-4-5-7-20(19)22(17)25-15)16-8-10-18(11-9-16)24-14-26(2)3/h4-11,13-14,21H,12H2,1-3H3. The van der Waals surface area contributed by atoms with Crippen LogP contribution >= 0.6 is 0 Å². The molecule has 3 aromatic rings. The fourth-order valence-corrected chi connectivity index (χ4v) is 3.50. The lowest BCUT2D eigenvalue weighted by Gasteiger charge is -2.27. The van der Waals surface area contributed by atoms with E-state index in [-0.39, 0.29) is 0 Å². The Labute approximate surface area is 154 Å². The van der Waals surface area contributed by atoms with Crippen molar-refractivity contribution in [1.82, 2.24) is 14.9 Å². The van der Waals surface area contributed by atoms with Crippen LogP contribution in [0.1, 0.15) is 28.4 Å². The van der Waals surface area contributed by atoms with Crippen molar-refractivity contribution in [3.05, 3.63) is 77.2 Å². The number of benzene rings is 2. The highest BCUT2D eigenvalue weighted by atomic mass is 15.1. The van der Waals surface area contributed by atoms with Gasteiger partial charge in [-0.1, -0.05) is 36.4 Å². The lowest BCUT2D eigenvalue weighted by molar-refractivity contribution is 0.643. The van der Waals surface area contributed by atoms with Crippen molar-refractivity contribution < 1.29 is 0 Å². The molecule has 1 atom stereocenters. The lowest BCUT2D eigenvalue weighted by Crippen LogP contribution is -2.14. The summed E-state index contributed by atoms with van der Waals surface area (Å²) in [5.41, 5.74) is 7.12. The fourth-order valence-electron chi connectivity index (χ4n) is 3.50. The largest absolute Gasteiger partial charge is 0.369 e. The van der Waals surface area contributed by atoms with Crippen LogP contribution in [0.2, 0.25) is 0 Å². The number of aromatic nitrogens is 2. The lowest BCUT2D eigenvalue weighted by atomic mass is 9.78. The highest BCUT2D eigenvalue weighted by Gasteiger charge is 2.26. The second kappa shape index (κ2) is 6.71. The third-order valence-corrected chi connectivity index (χ3v) is 4.73. The predicted molar refractivity (Wildman–Crippen MR) is 106 cm³/mol. The van der Waals surface area contributed by atoms with Gasteiger partial charge in [0.2, 0.25) is 0 Å². The molecule has 1 unspecified atom stereocenters. The summed E-state index contributed by atoms with van der Waals surface area (Å²) in [4.78, 5) is 15.5. The second-order valence-electron chi connectivity index (χ2n) is 6.93. The van der Waals surface area contributed by atoms with E-state index in [1.165, 1.54) is 22.3 Å². The normalized spacial score (nSPS) is 15.6. The maximum atomic E-state index is 4.70. The van der Waals surface area contributed by atoms with Gasteiger partial charge in [0.1, 0.15) is 5.82 Å². The van der Waals surface area contributed by atoms with Crippen LogP contribution in [-0.2, 0) is 6.42 Å². The Morgan fingerprint density at radius 2 is 1.85 bits per heavy atom. The van der Waals surface area contributed by atoms with Crippen LogP contribution in [0.3, 0.4) is 0 Å². The Balaban J connectivity index is 1.73. The molecule has 26 heavy (non-hydrogen) atoms. The average molecular weight is 342 g/mol. The zero-order chi connectivity index (χ0) is 18.1. The Hall–Kier alpha value is -3.01. The van der Waals surface area contributed by atoms with Crippen molar-refractivity contribution in [3.63, 3.8) is 0 Å². The predicted octanol–water partition coefficient (Wildman–Crippen LogP) is 4.36. The Kier molecular flexibility index (Phi) is 4.25. The van der Waals surface area contributed by atoms with Crippen LogP contribution in [-0.4, -0.2) is 35.3 Å². The van der Waals surface area contributed by atoms with Crippen LogP contribution in [0.5, 0.6) is 0 Å². The van der Waals surface area contributed by atoms with Gasteiger partial charge in [-0.2, -0.15) is 0 Å². The Morgan fingerprint density at radius 3 is 2.62 bits per heavy atom. The molecule has 0 fully saturated rings. The number of fused-ring (bicyclic) bond motifs is 3. The van der Waals surface area contributed by atoms with E-state index in [0.29, 0.717) is 5.92 Å². The van der Waals surface area contributed by atoms with E-state index in [1.54, 1.807) is 0 Å². The highest BCUT2D eigenvalue weighted by Crippen LogP contribution is 2.41. The molecule has 1 aliphatic carbocycles. The molecule has 0 saturated carbocycles. The maximum Gasteiger partial charge on any atom is 0.125 e. The number of aryl methyl sites for hydroxylation is 1. The number of nitrogens with zero attached hydrogens (tertiary/aromatic N) is 4. The van der Waals surface area contributed by atoms with E-state index in [0.717, 1.165) is 23.6 Å². The SMILES string of the molecule is Cc1ncc2c(n1)-c1ccccc1C(c1ccc(N=CN(C)C)cc1)C2. The van der Waals surface area contributed by atoms with Crippen molar-refractivity contribution in [2.24, 2.45) is 4.99 Å². The van der Waals surface area contributed by atoms with Crippen molar-refractivity contribution >= 4 is 12.0 Å². The van der Waals surface area contributed by atoms with Gasteiger partial charge in [0, 0.05) is 31.8 Å². The van der Waals surface area contributed by atoms with Gasteiger partial charge in [-0.05, 0) is 42.2 Å².